The number of cyclic esters (lactones) is 1. The molecule has 5 saturated heterocycles. The van der Waals surface area contributed by atoms with Gasteiger partial charge in [-0.2, -0.15) is 16.8 Å². The lowest BCUT2D eigenvalue weighted by Gasteiger charge is -2.69. The maximum absolute atomic E-state index is 15.0. The van der Waals surface area contributed by atoms with Gasteiger partial charge < -0.3 is 108 Å². The van der Waals surface area contributed by atoms with Gasteiger partial charge in [-0.05, 0) is 118 Å². The number of methoxy groups -OCH3 is 1. The van der Waals surface area contributed by atoms with Crippen LogP contribution in [-0.4, -0.2) is 275 Å². The van der Waals surface area contributed by atoms with Crippen molar-refractivity contribution in [1.29, 1.82) is 0 Å². The van der Waals surface area contributed by atoms with Crippen molar-refractivity contribution < 1.29 is 152 Å². The maximum atomic E-state index is 15.0. The van der Waals surface area contributed by atoms with Crippen LogP contribution in [0.15, 0.2) is 11.6 Å². The van der Waals surface area contributed by atoms with Crippen molar-refractivity contribution in [3.63, 3.8) is 0 Å². The molecule has 0 aromatic heterocycles. The number of carbonyl (C=O) groups excluding carboxylic acids is 2. The fourth-order valence-corrected chi connectivity index (χ4v) is 19.8. The summed E-state index contributed by atoms with van der Waals surface area (Å²) in [6.45, 7) is 16.2. The van der Waals surface area contributed by atoms with Gasteiger partial charge >= 0.3 is 32.7 Å². The third-order valence-corrected chi connectivity index (χ3v) is 25.1. The van der Waals surface area contributed by atoms with Crippen molar-refractivity contribution >= 4 is 32.7 Å². The van der Waals surface area contributed by atoms with E-state index in [0.29, 0.717) is 38.5 Å². The molecule has 5 saturated carbocycles. The van der Waals surface area contributed by atoms with E-state index < -0.39 is 233 Å². The predicted octanol–water partition coefficient (Wildman–Crippen LogP) is -0.595. The van der Waals surface area contributed by atoms with Gasteiger partial charge in [0.2, 0.25) is 0 Å². The van der Waals surface area contributed by atoms with Gasteiger partial charge in [-0.3, -0.25) is 18.7 Å². The number of aliphatic hydroxyl groups is 10. The minimum absolute atomic E-state index is 0.0198. The maximum Gasteiger partial charge on any atom is 0.397 e. The quantitative estimate of drug-likeness (QED) is 0.0313. The number of fused-ring (bicyclic) bond motifs is 4. The fourth-order valence-electron chi connectivity index (χ4n) is 19.2. The van der Waals surface area contributed by atoms with Gasteiger partial charge in [-0.15, -0.1) is 0 Å². The smallest absolute Gasteiger partial charge is 0.397 e. The van der Waals surface area contributed by atoms with E-state index in [-0.39, 0.29) is 49.0 Å². The van der Waals surface area contributed by atoms with Crippen LogP contribution in [-0.2, 0) is 95.6 Å². The van der Waals surface area contributed by atoms with Crippen LogP contribution in [0, 0.1) is 51.2 Å². The second-order valence-electron chi connectivity index (χ2n) is 30.4. The van der Waals surface area contributed by atoms with Crippen molar-refractivity contribution in [3.05, 3.63) is 11.6 Å². The molecule has 32 nitrogen and oxygen atoms in total. The zero-order chi connectivity index (χ0) is 71.4. The number of allylic oxidation sites excluding steroid dienone is 1. The van der Waals surface area contributed by atoms with Crippen LogP contribution >= 0.6 is 0 Å². The summed E-state index contributed by atoms with van der Waals surface area (Å²) in [4.78, 5) is 27.9. The molecule has 5 aliphatic heterocycles. The molecule has 10 rings (SSSR count). The highest BCUT2D eigenvalue weighted by Gasteiger charge is 2.84. The highest BCUT2D eigenvalue weighted by molar-refractivity contribution is 7.81. The standard InChI is InChI=1S/C63H102O32S2/c1-27(2)12-15-39-61(10,95-30(5)64)63(75)21-20-60(9)32-13-14-37-58(6,7)38(17-18-59(37,8)31(32)16-19-62(60,63)57(74)91-39)90-56-52(40(66)29(4)23-83-56)87-34-22-28(3)48(45(71)49(34)93-53-44(70)41(67)33(65)24-84-53)92-55-47(73)51(43(69)36(89-55)26-86-97(79,80)81)94-54-46(72)50(82-11)42(68)35(88-54)25-85-96(76,77)78/h12,28-29,31-56,65-73,75H,13-26H2,1-11H3,(H,76,77,78)(H,79,80,81)/t28?,29-,31?,32?,33-,34+,35?,36?,37?,38?,39-,40+,41?,42-,43-,44+,45?,46+,47+,48-,49-,50?,51?,52?,53+,54+,55+,56+,59-,60+,61-,62-,63+/m1/s1. The summed E-state index contributed by atoms with van der Waals surface area (Å²) >= 11 is 0. The number of aliphatic hydroxyl groups excluding tert-OH is 9. The summed E-state index contributed by atoms with van der Waals surface area (Å²) in [7, 11) is -9.34. The molecule has 0 radical (unpaired) electrons. The van der Waals surface area contributed by atoms with Gasteiger partial charge in [0.05, 0.1) is 50.8 Å². The molecule has 0 aromatic rings. The third-order valence-electron chi connectivity index (χ3n) is 24.2. The molecular formula is C63H102O32S2. The average Bonchev–Trinajstić information content (AvgIpc) is 1.56. The second kappa shape index (κ2) is 28.6. The highest BCUT2D eigenvalue weighted by atomic mass is 32.3. The van der Waals surface area contributed by atoms with Crippen molar-refractivity contribution in [2.24, 2.45) is 51.2 Å². The Hall–Kier alpha value is -2.38. The van der Waals surface area contributed by atoms with Gasteiger partial charge in [0, 0.05) is 26.4 Å². The molecule has 97 heavy (non-hydrogen) atoms. The summed E-state index contributed by atoms with van der Waals surface area (Å²) in [6, 6.07) is 0. The molecule has 34 heteroatoms. The number of carbonyl (C=O) groups is 2. The summed E-state index contributed by atoms with van der Waals surface area (Å²) in [5.74, 6) is -2.37. The summed E-state index contributed by atoms with van der Waals surface area (Å²) in [6.07, 6.45) is -32.2. The van der Waals surface area contributed by atoms with E-state index in [1.165, 1.54) is 6.92 Å². The molecule has 0 aromatic carbocycles. The summed E-state index contributed by atoms with van der Waals surface area (Å²) in [5.41, 5.74) is -5.24. The Morgan fingerprint density at radius 1 is 0.598 bits per heavy atom. The molecule has 10 fully saturated rings. The zero-order valence-corrected chi connectivity index (χ0v) is 58.1. The Balaban J connectivity index is 0.889. The fraction of sp³-hybridized carbons (Fsp3) is 0.937. The number of hydrogen-bond donors (Lipinski definition) is 12. The number of ether oxygens (including phenoxy) is 12. The normalized spacial score (nSPS) is 50.0. The Labute approximate surface area is 564 Å². The van der Waals surface area contributed by atoms with Gasteiger partial charge in [-0.25, -0.2) is 8.37 Å². The van der Waals surface area contributed by atoms with E-state index in [9.17, 15) is 86.6 Å². The van der Waals surface area contributed by atoms with Crippen LogP contribution in [0.25, 0.3) is 0 Å². The Morgan fingerprint density at radius 2 is 1.19 bits per heavy atom. The second-order valence-corrected chi connectivity index (χ2v) is 32.6. The lowest BCUT2D eigenvalue weighted by atomic mass is 9.36. The zero-order valence-electron chi connectivity index (χ0n) is 56.5. The Morgan fingerprint density at radius 3 is 1.78 bits per heavy atom. The summed E-state index contributed by atoms with van der Waals surface area (Å²) < 4.78 is 148. The number of esters is 2. The largest absolute Gasteiger partial charge is 0.457 e. The molecule has 12 N–H and O–H groups in total. The SMILES string of the molecule is COC1[C@H](O)C(COS(=O)(=O)O)O[C@@H](OC2[C@H](O)C(COS(=O)(=O)O)O[C@@H](O[C@@H]3C(C)C[C@H](OC4[C@H](OC5CC[C@]6(C)C7CC[C@]89C(=O)O[C@H](CC=C(C)C)[C@@](C)(OC(C)=O)[C@@]8(O)CC[C@@]9(C)C7CCC6C5(C)C)OC[C@@H](C)[C@@H]4O)[C@@H](O[C@@H]4OC[C@@H](O)C(O)[C@@H]4O)C3O)[C@H]2O)[C@H]1O. The molecule has 5 heterocycles. The first-order valence-corrected chi connectivity index (χ1v) is 36.3. The van der Waals surface area contributed by atoms with Crippen LogP contribution in [0.1, 0.15) is 133 Å². The average molecular weight is 1440 g/mol. The van der Waals surface area contributed by atoms with E-state index in [0.717, 1.165) is 19.1 Å². The van der Waals surface area contributed by atoms with Crippen LogP contribution in [0.3, 0.4) is 0 Å². The van der Waals surface area contributed by atoms with Crippen molar-refractivity contribution in [1.82, 2.24) is 0 Å². The molecule has 5 aliphatic carbocycles. The van der Waals surface area contributed by atoms with E-state index in [2.05, 4.69) is 36.1 Å². The molecular weight excluding hydrogens is 1330 g/mol. The van der Waals surface area contributed by atoms with Gasteiger partial charge in [0.15, 0.2) is 30.8 Å². The van der Waals surface area contributed by atoms with Crippen LogP contribution in [0.5, 0.6) is 0 Å². The number of hydrogen-bond acceptors (Lipinski definition) is 30. The van der Waals surface area contributed by atoms with E-state index in [1.54, 1.807) is 20.8 Å². The lowest BCUT2D eigenvalue weighted by Crippen LogP contribution is -2.77. The van der Waals surface area contributed by atoms with Crippen LogP contribution in [0.2, 0.25) is 0 Å². The first-order chi connectivity index (χ1) is 45.1. The molecule has 0 amide bonds. The third kappa shape index (κ3) is 14.0. The Kier molecular flexibility index (Phi) is 22.8. The van der Waals surface area contributed by atoms with Crippen molar-refractivity contribution in [2.75, 3.05) is 33.5 Å². The van der Waals surface area contributed by atoms with Gasteiger partial charge in [-0.1, -0.05) is 53.2 Å². The van der Waals surface area contributed by atoms with E-state index in [1.807, 2.05) is 19.9 Å². The molecule has 10 aliphatic rings. The van der Waals surface area contributed by atoms with Gasteiger partial charge in [0.1, 0.15) is 103 Å². The number of rotatable bonds is 20. The molecule has 12 unspecified atom stereocenters. The van der Waals surface area contributed by atoms with Crippen molar-refractivity contribution in [2.45, 2.75) is 286 Å². The molecule has 0 bridgehead atoms. The summed E-state index contributed by atoms with van der Waals surface area (Å²) in [5, 5.41) is 116. The first-order valence-electron chi connectivity index (χ1n) is 33.6. The highest BCUT2D eigenvalue weighted by Crippen LogP contribution is 2.78. The van der Waals surface area contributed by atoms with E-state index >= 15 is 0 Å². The minimum Gasteiger partial charge on any atom is -0.457 e. The molecule has 558 valence electrons. The monoisotopic (exact) mass is 1430 g/mol. The van der Waals surface area contributed by atoms with E-state index in [4.69, 9.17) is 56.8 Å². The van der Waals surface area contributed by atoms with Crippen LogP contribution < -0.4 is 0 Å². The van der Waals surface area contributed by atoms with Gasteiger partial charge in [0.25, 0.3) is 0 Å². The predicted molar refractivity (Wildman–Crippen MR) is 327 cm³/mol. The first kappa shape index (κ1) is 77.2. The van der Waals surface area contributed by atoms with Crippen molar-refractivity contribution in [3.8, 4) is 0 Å². The lowest BCUT2D eigenvalue weighted by molar-refractivity contribution is -0.375. The molecule has 33 atom stereocenters. The minimum atomic E-state index is -5.26. The van der Waals surface area contributed by atoms with Crippen LogP contribution in [0.4, 0.5) is 0 Å². The molecule has 1 spiro atoms. The Bertz CT molecular complexity index is 3050. The topological polar surface area (TPSA) is 474 Å².